The predicted octanol–water partition coefficient (Wildman–Crippen LogP) is 4.67. The number of nitriles is 1. The highest BCUT2D eigenvalue weighted by atomic mass is 32.1. The van der Waals surface area contributed by atoms with Gasteiger partial charge in [-0.25, -0.2) is 4.98 Å². The Morgan fingerprint density at radius 3 is 2.55 bits per heavy atom. The van der Waals surface area contributed by atoms with E-state index in [1.807, 2.05) is 0 Å². The Labute approximate surface area is 170 Å². The van der Waals surface area contributed by atoms with Gasteiger partial charge in [0.25, 0.3) is 5.91 Å². The van der Waals surface area contributed by atoms with Gasteiger partial charge in [-0.05, 0) is 31.9 Å². The minimum absolute atomic E-state index is 0.000573. The number of carbonyl (C=O) groups excluding carboxylic acids is 1. The molecule has 2 heterocycles. The fourth-order valence-corrected chi connectivity index (χ4v) is 4.30. The van der Waals surface area contributed by atoms with Gasteiger partial charge in [0.15, 0.2) is 0 Å². The number of nitrogens with zero attached hydrogens (tertiary/aromatic N) is 3. The minimum atomic E-state index is -4.40. The molecule has 29 heavy (non-hydrogen) atoms. The summed E-state index contributed by atoms with van der Waals surface area (Å²) in [6.45, 7) is 3.18. The van der Waals surface area contributed by atoms with Crippen LogP contribution >= 0.6 is 11.3 Å². The number of thiazole rings is 1. The van der Waals surface area contributed by atoms with E-state index >= 15 is 0 Å². The molecular formula is C20H20F3N3O2S. The highest BCUT2D eigenvalue weighted by molar-refractivity contribution is 7.17. The highest BCUT2D eigenvalue weighted by Gasteiger charge is 2.31. The molecule has 5 nitrogen and oxygen atoms in total. The molecule has 1 aromatic carbocycles. The summed E-state index contributed by atoms with van der Waals surface area (Å²) in [5.41, 5.74) is 0.330. The molecule has 1 saturated heterocycles. The van der Waals surface area contributed by atoms with Crippen LogP contribution in [0.3, 0.4) is 0 Å². The molecule has 0 atom stereocenters. The van der Waals surface area contributed by atoms with Gasteiger partial charge in [0.2, 0.25) is 0 Å². The van der Waals surface area contributed by atoms with Crippen LogP contribution in [0.4, 0.5) is 13.2 Å². The second-order valence-corrected chi connectivity index (χ2v) is 7.76. The number of aromatic nitrogens is 1. The number of carbonyl (C=O) groups is 1. The fraction of sp³-hybridized carbons (Fsp3) is 0.450. The maximum absolute atomic E-state index is 13.2. The summed E-state index contributed by atoms with van der Waals surface area (Å²) in [4.78, 5) is 19.8. The van der Waals surface area contributed by atoms with Crippen molar-refractivity contribution >= 4 is 17.2 Å². The second-order valence-electron chi connectivity index (χ2n) is 6.76. The number of hydrogen-bond acceptors (Lipinski definition) is 5. The van der Waals surface area contributed by atoms with Crippen molar-refractivity contribution in [1.82, 2.24) is 9.88 Å². The van der Waals surface area contributed by atoms with Crippen LogP contribution in [-0.4, -0.2) is 41.6 Å². The molecule has 2 aromatic rings. The smallest absolute Gasteiger partial charge is 0.381 e. The average molecular weight is 423 g/mol. The number of benzene rings is 1. The summed E-state index contributed by atoms with van der Waals surface area (Å²) in [5.74, 6) is -0.194. The van der Waals surface area contributed by atoms with Crippen LogP contribution in [0.1, 0.15) is 40.2 Å². The normalized spacial score (nSPS) is 15.1. The lowest BCUT2D eigenvalue weighted by molar-refractivity contribution is -0.137. The fourth-order valence-electron chi connectivity index (χ4n) is 3.27. The van der Waals surface area contributed by atoms with Crippen molar-refractivity contribution in [3.05, 3.63) is 40.4 Å². The Morgan fingerprint density at radius 1 is 1.31 bits per heavy atom. The minimum Gasteiger partial charge on any atom is -0.381 e. The standard InChI is InChI=1S/C20H20F3N3O2S/c1-13-17(19(27)26(10-2-9-24)16-7-11-28-12-8-16)29-18(25-13)14-3-5-15(6-4-14)20(21,22)23/h3-6,16H,2,7-8,10-12H2,1H3. The first-order valence-electron chi connectivity index (χ1n) is 9.22. The zero-order valence-corrected chi connectivity index (χ0v) is 16.6. The third kappa shape index (κ3) is 4.95. The second kappa shape index (κ2) is 8.93. The molecule has 0 radical (unpaired) electrons. The molecule has 154 valence electrons. The van der Waals surface area contributed by atoms with Crippen LogP contribution in [0.25, 0.3) is 10.6 Å². The van der Waals surface area contributed by atoms with Crippen LogP contribution in [0.2, 0.25) is 0 Å². The summed E-state index contributed by atoms with van der Waals surface area (Å²) in [6.07, 6.45) is -2.75. The van der Waals surface area contributed by atoms with Crippen molar-refractivity contribution in [2.24, 2.45) is 0 Å². The van der Waals surface area contributed by atoms with Gasteiger partial charge in [-0.15, -0.1) is 11.3 Å². The van der Waals surface area contributed by atoms with Crippen molar-refractivity contribution in [2.45, 2.75) is 38.4 Å². The van der Waals surface area contributed by atoms with Gasteiger partial charge in [-0.1, -0.05) is 12.1 Å². The van der Waals surface area contributed by atoms with Crippen LogP contribution in [0, 0.1) is 18.3 Å². The van der Waals surface area contributed by atoms with Crippen LogP contribution < -0.4 is 0 Å². The van der Waals surface area contributed by atoms with Crippen molar-refractivity contribution in [1.29, 1.82) is 5.26 Å². The van der Waals surface area contributed by atoms with Crippen LogP contribution in [0.15, 0.2) is 24.3 Å². The lowest BCUT2D eigenvalue weighted by Gasteiger charge is -2.33. The Kier molecular flexibility index (Phi) is 6.55. The van der Waals surface area contributed by atoms with E-state index in [9.17, 15) is 18.0 Å². The average Bonchev–Trinajstić information content (AvgIpc) is 3.10. The summed E-state index contributed by atoms with van der Waals surface area (Å²) in [6, 6.07) is 6.82. The molecule has 1 aliphatic heterocycles. The molecule has 0 N–H and O–H groups in total. The molecule has 0 aliphatic carbocycles. The van der Waals surface area contributed by atoms with E-state index < -0.39 is 11.7 Å². The van der Waals surface area contributed by atoms with Crippen LogP contribution in [-0.2, 0) is 10.9 Å². The molecule has 1 amide bonds. The number of hydrogen-bond donors (Lipinski definition) is 0. The predicted molar refractivity (Wildman–Crippen MR) is 102 cm³/mol. The van der Waals surface area contributed by atoms with Gasteiger partial charge in [0, 0.05) is 31.4 Å². The number of halogens is 3. The number of alkyl halides is 3. The van der Waals surface area contributed by atoms with E-state index in [0.717, 1.165) is 23.5 Å². The van der Waals surface area contributed by atoms with Gasteiger partial charge < -0.3 is 9.64 Å². The first-order valence-corrected chi connectivity index (χ1v) is 10.0. The van der Waals surface area contributed by atoms with E-state index in [2.05, 4.69) is 11.1 Å². The number of ether oxygens (including phenoxy) is 1. The van der Waals surface area contributed by atoms with E-state index in [0.29, 0.717) is 53.7 Å². The number of rotatable bonds is 5. The molecule has 1 aliphatic rings. The zero-order valence-electron chi connectivity index (χ0n) is 15.8. The molecular weight excluding hydrogens is 403 g/mol. The largest absolute Gasteiger partial charge is 0.416 e. The van der Waals surface area contributed by atoms with Crippen molar-refractivity contribution in [3.63, 3.8) is 0 Å². The summed E-state index contributed by atoms with van der Waals surface area (Å²) < 4.78 is 43.7. The summed E-state index contributed by atoms with van der Waals surface area (Å²) in [5, 5.41) is 9.44. The van der Waals surface area contributed by atoms with E-state index in [1.54, 1.807) is 11.8 Å². The summed E-state index contributed by atoms with van der Waals surface area (Å²) >= 11 is 1.16. The maximum Gasteiger partial charge on any atom is 0.416 e. The first kappa shape index (κ1) is 21.3. The van der Waals surface area contributed by atoms with E-state index in [1.165, 1.54) is 12.1 Å². The Morgan fingerprint density at radius 2 is 1.97 bits per heavy atom. The monoisotopic (exact) mass is 423 g/mol. The Balaban J connectivity index is 1.85. The SMILES string of the molecule is Cc1nc(-c2ccc(C(F)(F)F)cc2)sc1C(=O)N(CCC#N)C1CCOCC1. The van der Waals surface area contributed by atoms with Gasteiger partial charge in [-0.2, -0.15) is 18.4 Å². The molecule has 1 aromatic heterocycles. The van der Waals surface area contributed by atoms with Gasteiger partial charge in [0.05, 0.1) is 23.7 Å². The third-order valence-corrected chi connectivity index (χ3v) is 6.00. The van der Waals surface area contributed by atoms with Crippen molar-refractivity contribution in [2.75, 3.05) is 19.8 Å². The van der Waals surface area contributed by atoms with Gasteiger partial charge in [0.1, 0.15) is 9.88 Å². The van der Waals surface area contributed by atoms with Gasteiger partial charge >= 0.3 is 6.18 Å². The van der Waals surface area contributed by atoms with Gasteiger partial charge in [-0.3, -0.25) is 4.79 Å². The van der Waals surface area contributed by atoms with E-state index in [-0.39, 0.29) is 18.4 Å². The highest BCUT2D eigenvalue weighted by Crippen LogP contribution is 2.33. The quantitative estimate of drug-likeness (QED) is 0.701. The topological polar surface area (TPSA) is 66.2 Å². The number of aryl methyl sites for hydroxylation is 1. The lowest BCUT2D eigenvalue weighted by atomic mass is 10.1. The molecule has 0 spiro atoms. The molecule has 1 fully saturated rings. The number of amides is 1. The molecule has 0 bridgehead atoms. The molecule has 0 saturated carbocycles. The Bertz CT molecular complexity index is 897. The van der Waals surface area contributed by atoms with E-state index in [4.69, 9.17) is 10.00 Å². The van der Waals surface area contributed by atoms with Crippen LogP contribution in [0.5, 0.6) is 0 Å². The first-order chi connectivity index (χ1) is 13.8. The molecule has 3 rings (SSSR count). The summed E-state index contributed by atoms with van der Waals surface area (Å²) in [7, 11) is 0. The third-order valence-electron chi connectivity index (χ3n) is 4.81. The lowest BCUT2D eigenvalue weighted by Crippen LogP contribution is -2.43. The maximum atomic E-state index is 13.2. The molecule has 0 unspecified atom stereocenters. The molecule has 9 heteroatoms. The zero-order chi connectivity index (χ0) is 21.0. The Hall–Kier alpha value is -2.44. The van der Waals surface area contributed by atoms with Crippen molar-refractivity contribution < 1.29 is 22.7 Å². The van der Waals surface area contributed by atoms with Crippen molar-refractivity contribution in [3.8, 4) is 16.6 Å².